The molecule has 5 N–H and O–H groups in total. The van der Waals surface area contributed by atoms with Crippen LogP contribution in [0.4, 0.5) is 5.82 Å². The van der Waals surface area contributed by atoms with Crippen LogP contribution in [0, 0.1) is 17.2 Å². The molecule has 1 saturated carbocycles. The van der Waals surface area contributed by atoms with Gasteiger partial charge < -0.3 is 10.7 Å². The quantitative estimate of drug-likeness (QED) is 0.689. The lowest BCUT2D eigenvalue weighted by Gasteiger charge is -2.28. The van der Waals surface area contributed by atoms with Gasteiger partial charge in [-0.25, -0.2) is 10.8 Å². The molecule has 0 spiro atoms. The first kappa shape index (κ1) is 15.1. The summed E-state index contributed by atoms with van der Waals surface area (Å²) in [6.07, 6.45) is 9.66. The number of nitrogens with one attached hydrogen (secondary N) is 1. The molecule has 3 rings (SSSR count). The maximum Gasteiger partial charge on any atom is 0.141 e. The Morgan fingerprint density at radius 1 is 1.43 bits per heavy atom. The van der Waals surface area contributed by atoms with Gasteiger partial charge in [0.25, 0.3) is 0 Å². The highest BCUT2D eigenvalue weighted by Gasteiger charge is 2.25. The zero-order chi connectivity index (χ0) is 15.2. The van der Waals surface area contributed by atoms with Crippen LogP contribution in [0.2, 0.25) is 0 Å². The predicted molar refractivity (Wildman–Crippen MR) is 83.9 cm³/mol. The minimum atomic E-state index is 0.453. The molecule has 6 nitrogen and oxygen atoms in total. The van der Waals surface area contributed by atoms with E-state index in [-0.39, 0.29) is 0 Å². The van der Waals surface area contributed by atoms with Gasteiger partial charge in [0.05, 0.1) is 11.8 Å². The van der Waals surface area contributed by atoms with Crippen LogP contribution in [0.1, 0.15) is 44.6 Å². The first-order chi connectivity index (χ1) is 10.2. The largest absolute Gasteiger partial charge is 0.400 e. The molecule has 0 unspecified atom stereocenters. The number of hydrogen-bond acceptors (Lipinski definition) is 5. The summed E-state index contributed by atoms with van der Waals surface area (Å²) < 4.78 is 0. The van der Waals surface area contributed by atoms with Gasteiger partial charge in [-0.2, -0.15) is 5.26 Å². The molecule has 6 heteroatoms. The van der Waals surface area contributed by atoms with Crippen LogP contribution in [-0.4, -0.2) is 16.3 Å². The number of H-pyrrole nitrogens is 1. The Morgan fingerprint density at radius 3 is 2.76 bits per heavy atom. The van der Waals surface area contributed by atoms with Crippen molar-refractivity contribution >= 4 is 17.9 Å². The lowest BCUT2D eigenvalue weighted by molar-refractivity contribution is 0.397. The second kappa shape index (κ2) is 6.95. The molecule has 0 amide bonds. The van der Waals surface area contributed by atoms with Gasteiger partial charge in [-0.05, 0) is 18.9 Å². The summed E-state index contributed by atoms with van der Waals surface area (Å²) in [7, 11) is 0. The van der Waals surface area contributed by atoms with Crippen molar-refractivity contribution in [2.24, 2.45) is 22.5 Å². The van der Waals surface area contributed by atoms with Crippen LogP contribution >= 0.6 is 0 Å². The lowest BCUT2D eigenvalue weighted by atomic mass is 9.85. The standard InChI is InChI=1S/C13H19N5.C2H3N/c14-11(9-4-2-1-3-5-9)12-10-6-7-16-13(10)17-8-18(12)15;1-2-3/h6-9,16H,1-5,14-15H2;1H3/b12-11-;. The Hall–Kier alpha value is -2.26. The number of aromatic amines is 1. The average Bonchev–Trinajstić information content (AvgIpc) is 2.96. The fourth-order valence-corrected chi connectivity index (χ4v) is 2.89. The van der Waals surface area contributed by atoms with E-state index in [9.17, 15) is 0 Å². The lowest BCUT2D eigenvalue weighted by Crippen LogP contribution is -2.33. The normalized spacial score (nSPS) is 20.1. The maximum absolute atomic E-state index is 7.32. The number of allylic oxidation sites excluding steroid dienone is 1. The van der Waals surface area contributed by atoms with Gasteiger partial charge in [0, 0.05) is 30.3 Å². The molecule has 1 aromatic rings. The van der Waals surface area contributed by atoms with E-state index in [0.717, 1.165) is 22.8 Å². The van der Waals surface area contributed by atoms with Gasteiger partial charge in [0.1, 0.15) is 12.2 Å². The first-order valence-corrected chi connectivity index (χ1v) is 7.25. The minimum Gasteiger partial charge on any atom is -0.400 e. The van der Waals surface area contributed by atoms with Crippen molar-refractivity contribution in [3.05, 3.63) is 23.5 Å². The third kappa shape index (κ3) is 3.26. The van der Waals surface area contributed by atoms with E-state index in [1.807, 2.05) is 12.3 Å². The smallest absolute Gasteiger partial charge is 0.141 e. The highest BCUT2D eigenvalue weighted by atomic mass is 15.4. The molecule has 2 heterocycles. The third-order valence-corrected chi connectivity index (χ3v) is 3.87. The fraction of sp³-hybridized carbons (Fsp3) is 0.467. The molecule has 0 saturated heterocycles. The van der Waals surface area contributed by atoms with Gasteiger partial charge in [-0.3, -0.25) is 5.01 Å². The van der Waals surface area contributed by atoms with Gasteiger partial charge in [0.15, 0.2) is 0 Å². The summed E-state index contributed by atoms with van der Waals surface area (Å²) in [6, 6.07) is 3.73. The summed E-state index contributed by atoms with van der Waals surface area (Å²) in [5.41, 5.74) is 9.19. The van der Waals surface area contributed by atoms with E-state index >= 15 is 0 Å². The van der Waals surface area contributed by atoms with E-state index in [2.05, 4.69) is 9.98 Å². The molecule has 0 atom stereocenters. The molecule has 2 aliphatic rings. The maximum atomic E-state index is 7.32. The third-order valence-electron chi connectivity index (χ3n) is 3.87. The molecule has 1 aromatic heterocycles. The van der Waals surface area contributed by atoms with E-state index in [1.54, 1.807) is 17.4 Å². The SMILES string of the molecule is CC#N.N/C(=C1/c2cc[nH]c2N=CN1N)C1CCCCC1. The Bertz CT molecular complexity index is 571. The van der Waals surface area contributed by atoms with Crippen LogP contribution in [0.5, 0.6) is 0 Å². The highest BCUT2D eigenvalue weighted by Crippen LogP contribution is 2.36. The highest BCUT2D eigenvalue weighted by molar-refractivity contribution is 5.86. The van der Waals surface area contributed by atoms with Crippen molar-refractivity contribution < 1.29 is 0 Å². The van der Waals surface area contributed by atoms with Crippen LogP contribution < -0.4 is 11.6 Å². The molecule has 0 aromatic carbocycles. The van der Waals surface area contributed by atoms with Crippen LogP contribution in [0.3, 0.4) is 0 Å². The van der Waals surface area contributed by atoms with Crippen molar-refractivity contribution in [2.45, 2.75) is 39.0 Å². The number of aliphatic imine (C=N–C) groups is 1. The number of nitrogens with two attached hydrogens (primary N) is 2. The van der Waals surface area contributed by atoms with Gasteiger partial charge in [-0.1, -0.05) is 19.3 Å². The summed E-state index contributed by atoms with van der Waals surface area (Å²) in [5.74, 6) is 7.28. The predicted octanol–water partition coefficient (Wildman–Crippen LogP) is 2.60. The minimum absolute atomic E-state index is 0.453. The van der Waals surface area contributed by atoms with Crippen molar-refractivity contribution in [3.63, 3.8) is 0 Å². The first-order valence-electron chi connectivity index (χ1n) is 7.25. The second-order valence-electron chi connectivity index (χ2n) is 5.25. The Balaban J connectivity index is 0.000000497. The molecule has 112 valence electrons. The van der Waals surface area contributed by atoms with E-state index in [0.29, 0.717) is 5.92 Å². The van der Waals surface area contributed by atoms with Crippen molar-refractivity contribution in [2.75, 3.05) is 0 Å². The van der Waals surface area contributed by atoms with Crippen LogP contribution in [0.15, 0.2) is 23.0 Å². The van der Waals surface area contributed by atoms with E-state index < -0.39 is 0 Å². The Labute approximate surface area is 125 Å². The Morgan fingerprint density at radius 2 is 2.10 bits per heavy atom. The topological polar surface area (TPSA) is 107 Å². The molecule has 0 radical (unpaired) electrons. The monoisotopic (exact) mass is 286 g/mol. The molecule has 1 fully saturated rings. The number of nitrogens with zero attached hydrogens (tertiary/aromatic N) is 3. The average molecular weight is 286 g/mol. The number of rotatable bonds is 1. The van der Waals surface area contributed by atoms with Crippen LogP contribution in [-0.2, 0) is 0 Å². The number of aromatic nitrogens is 1. The summed E-state index contributed by atoms with van der Waals surface area (Å²) >= 11 is 0. The van der Waals surface area contributed by atoms with Crippen molar-refractivity contribution in [1.29, 1.82) is 5.26 Å². The molecule has 1 aliphatic carbocycles. The molecule has 21 heavy (non-hydrogen) atoms. The number of nitriles is 1. The van der Waals surface area contributed by atoms with Crippen LogP contribution in [0.25, 0.3) is 5.70 Å². The number of hydrazine groups is 1. The Kier molecular flexibility index (Phi) is 5.01. The van der Waals surface area contributed by atoms with Crippen molar-refractivity contribution in [3.8, 4) is 6.07 Å². The molecule has 1 aliphatic heterocycles. The van der Waals surface area contributed by atoms with E-state index in [4.69, 9.17) is 16.8 Å². The second-order valence-corrected chi connectivity index (χ2v) is 5.25. The summed E-state index contributed by atoms with van der Waals surface area (Å²) in [5, 5.41) is 8.86. The van der Waals surface area contributed by atoms with Gasteiger partial charge in [-0.15, -0.1) is 0 Å². The zero-order valence-corrected chi connectivity index (χ0v) is 12.3. The van der Waals surface area contributed by atoms with Gasteiger partial charge >= 0.3 is 0 Å². The summed E-state index contributed by atoms with van der Waals surface area (Å²) in [6.45, 7) is 1.43. The number of hydrogen-bond donors (Lipinski definition) is 3. The van der Waals surface area contributed by atoms with Crippen molar-refractivity contribution in [1.82, 2.24) is 9.99 Å². The van der Waals surface area contributed by atoms with E-state index in [1.165, 1.54) is 39.0 Å². The molecular weight excluding hydrogens is 264 g/mol. The van der Waals surface area contributed by atoms with Gasteiger partial charge in [0.2, 0.25) is 0 Å². The fourth-order valence-electron chi connectivity index (χ4n) is 2.89. The number of fused-ring (bicyclic) bond motifs is 1. The summed E-state index contributed by atoms with van der Waals surface area (Å²) in [4.78, 5) is 7.34. The molecular formula is C15H22N6. The zero-order valence-electron chi connectivity index (χ0n) is 12.3. The molecule has 0 bridgehead atoms.